The van der Waals surface area contributed by atoms with Crippen LogP contribution in [0.4, 0.5) is 17.6 Å². The van der Waals surface area contributed by atoms with Gasteiger partial charge >= 0.3 is 0 Å². The van der Waals surface area contributed by atoms with Gasteiger partial charge in [-0.25, -0.2) is 17.6 Å². The van der Waals surface area contributed by atoms with Crippen molar-refractivity contribution in [2.75, 3.05) is 0 Å². The third-order valence-electron chi connectivity index (χ3n) is 11.2. The normalized spacial score (nSPS) is 12.3. The van der Waals surface area contributed by atoms with Crippen LogP contribution >= 0.6 is 0 Å². The molecule has 0 radical (unpaired) electrons. The van der Waals surface area contributed by atoms with Gasteiger partial charge in [-0.1, -0.05) is 97.1 Å². The van der Waals surface area contributed by atoms with Gasteiger partial charge in [0.05, 0.1) is 27.7 Å². The van der Waals surface area contributed by atoms with Crippen LogP contribution < -0.4 is 0 Å². The fourth-order valence-corrected chi connectivity index (χ4v) is 8.44. The van der Waals surface area contributed by atoms with E-state index < -0.39 is 51.8 Å². The molecular weight excluding hydrogens is 777 g/mol. The summed E-state index contributed by atoms with van der Waals surface area (Å²) in [6.07, 6.45) is 0. The van der Waals surface area contributed by atoms with Crippen LogP contribution in [0.25, 0.3) is 11.1 Å². The Kier molecular flexibility index (Phi) is 9.76. The highest BCUT2D eigenvalue weighted by Gasteiger charge is 2.47. The van der Waals surface area contributed by atoms with E-state index in [1.807, 2.05) is 36.4 Å². The molecule has 294 valence electrons. The van der Waals surface area contributed by atoms with Crippen LogP contribution in [-0.4, -0.2) is 23.1 Å². The van der Waals surface area contributed by atoms with Crippen molar-refractivity contribution in [3.05, 3.63) is 272 Å². The number of ketones is 4. The summed E-state index contributed by atoms with van der Waals surface area (Å²) in [5, 5.41) is 0. The maximum absolute atomic E-state index is 15.4. The van der Waals surface area contributed by atoms with Gasteiger partial charge in [0, 0.05) is 22.3 Å². The lowest BCUT2D eigenvalue weighted by molar-refractivity contribution is 0.102. The van der Waals surface area contributed by atoms with Crippen molar-refractivity contribution in [1.82, 2.24) is 0 Å². The Balaban J connectivity index is 1.41. The van der Waals surface area contributed by atoms with Crippen molar-refractivity contribution >= 4 is 23.1 Å². The fourth-order valence-electron chi connectivity index (χ4n) is 8.44. The summed E-state index contributed by atoms with van der Waals surface area (Å²) in [6, 6.07) is 44.9. The fraction of sp³-hybridized carbons (Fsp3) is 0.0189. The number of carbonyl (C=O) groups excluding carboxylic acids is 4. The maximum atomic E-state index is 15.4. The Morgan fingerprint density at radius 1 is 0.311 bits per heavy atom. The number of fused-ring (bicyclic) bond motifs is 3. The van der Waals surface area contributed by atoms with E-state index in [2.05, 4.69) is 0 Å². The van der Waals surface area contributed by atoms with E-state index in [0.717, 1.165) is 35.4 Å². The first-order chi connectivity index (χ1) is 29.6. The zero-order chi connectivity index (χ0) is 42.4. The number of halogens is 4. The van der Waals surface area contributed by atoms with Gasteiger partial charge in [-0.3, -0.25) is 19.2 Å². The number of hydrogen-bond acceptors (Lipinski definition) is 4. The minimum atomic E-state index is -1.57. The quantitative estimate of drug-likeness (QED) is 0.102. The Labute approximate surface area is 347 Å². The van der Waals surface area contributed by atoms with Gasteiger partial charge in [0.15, 0.2) is 23.1 Å². The number of hydrogen-bond donors (Lipinski definition) is 0. The summed E-state index contributed by atoms with van der Waals surface area (Å²) in [5.74, 6) is -6.29. The monoisotopic (exact) mass is 806 g/mol. The lowest BCUT2D eigenvalue weighted by atomic mass is 9.66. The van der Waals surface area contributed by atoms with E-state index in [9.17, 15) is 19.2 Å². The van der Waals surface area contributed by atoms with Crippen molar-refractivity contribution in [3.63, 3.8) is 0 Å². The summed E-state index contributed by atoms with van der Waals surface area (Å²) in [7, 11) is 0. The van der Waals surface area contributed by atoms with Crippen molar-refractivity contribution in [2.45, 2.75) is 5.41 Å². The molecule has 4 nitrogen and oxygen atoms in total. The Hall–Kier alpha value is -7.84. The van der Waals surface area contributed by atoms with Gasteiger partial charge in [0.25, 0.3) is 0 Å². The molecule has 0 heterocycles. The van der Waals surface area contributed by atoms with E-state index in [1.165, 1.54) is 109 Å². The van der Waals surface area contributed by atoms with Crippen LogP contribution in [0.15, 0.2) is 182 Å². The van der Waals surface area contributed by atoms with Crippen LogP contribution in [0.1, 0.15) is 85.9 Å². The molecule has 0 unspecified atom stereocenters. The maximum Gasteiger partial charge on any atom is 0.196 e. The molecule has 61 heavy (non-hydrogen) atoms. The number of benzene rings is 8. The Morgan fingerprint density at radius 3 is 0.836 bits per heavy atom. The van der Waals surface area contributed by atoms with E-state index in [4.69, 9.17) is 0 Å². The Morgan fingerprint density at radius 2 is 0.557 bits per heavy atom. The van der Waals surface area contributed by atoms with Gasteiger partial charge in [0.1, 0.15) is 23.3 Å². The van der Waals surface area contributed by atoms with Crippen LogP contribution in [0.3, 0.4) is 0 Å². The minimum absolute atomic E-state index is 0.107. The van der Waals surface area contributed by atoms with Gasteiger partial charge in [-0.15, -0.1) is 0 Å². The lowest BCUT2D eigenvalue weighted by Gasteiger charge is -2.35. The second-order valence-corrected chi connectivity index (χ2v) is 14.7. The van der Waals surface area contributed by atoms with Crippen LogP contribution in [0.2, 0.25) is 0 Å². The van der Waals surface area contributed by atoms with E-state index in [0.29, 0.717) is 11.1 Å². The first kappa shape index (κ1) is 38.7. The molecule has 8 aromatic rings. The second-order valence-electron chi connectivity index (χ2n) is 14.7. The van der Waals surface area contributed by atoms with Crippen molar-refractivity contribution < 1.29 is 36.7 Å². The zero-order valence-corrected chi connectivity index (χ0v) is 32.0. The highest BCUT2D eigenvalue weighted by atomic mass is 19.1. The summed E-state index contributed by atoms with van der Waals surface area (Å²) < 4.78 is 61.4. The van der Waals surface area contributed by atoms with Gasteiger partial charge in [0.2, 0.25) is 0 Å². The summed E-state index contributed by atoms with van der Waals surface area (Å²) in [6.45, 7) is 0. The predicted octanol–water partition coefficient (Wildman–Crippen LogP) is 11.5. The second kappa shape index (κ2) is 15.4. The largest absolute Gasteiger partial charge is 0.288 e. The van der Waals surface area contributed by atoms with Crippen molar-refractivity contribution in [3.8, 4) is 11.1 Å². The average Bonchev–Trinajstić information content (AvgIpc) is 3.59. The first-order valence-electron chi connectivity index (χ1n) is 19.3. The molecule has 8 heteroatoms. The van der Waals surface area contributed by atoms with E-state index in [1.54, 1.807) is 12.1 Å². The van der Waals surface area contributed by atoms with Crippen molar-refractivity contribution in [1.29, 1.82) is 0 Å². The molecule has 0 amide bonds. The van der Waals surface area contributed by atoms with Gasteiger partial charge < -0.3 is 0 Å². The number of carbonyl (C=O) groups is 4. The predicted molar refractivity (Wildman–Crippen MR) is 223 cm³/mol. The Bertz CT molecular complexity index is 2770. The molecule has 0 saturated heterocycles. The molecule has 8 aromatic carbocycles. The van der Waals surface area contributed by atoms with Crippen LogP contribution in [0, 0.1) is 23.3 Å². The summed E-state index contributed by atoms with van der Waals surface area (Å²) in [4.78, 5) is 57.7. The van der Waals surface area contributed by atoms with E-state index in [-0.39, 0.29) is 55.6 Å². The zero-order valence-electron chi connectivity index (χ0n) is 32.0. The molecule has 0 bridgehead atoms. The number of rotatable bonds is 10. The first-order valence-corrected chi connectivity index (χ1v) is 19.3. The minimum Gasteiger partial charge on any atom is -0.288 e. The average molecular weight is 807 g/mol. The highest BCUT2D eigenvalue weighted by molar-refractivity contribution is 6.15. The molecule has 1 aliphatic rings. The molecule has 0 aliphatic heterocycles. The van der Waals surface area contributed by atoms with Gasteiger partial charge in [-0.05, 0) is 118 Å². The smallest absolute Gasteiger partial charge is 0.196 e. The lowest BCUT2D eigenvalue weighted by Crippen LogP contribution is -2.30. The molecular formula is C53H30F4O4. The molecule has 0 fully saturated rings. The SMILES string of the molecule is O=C(c1cc(C(=O)c2ccccc2F)cc(C2(c3cc(C(=O)c4ccccc4F)cc(C(=O)c4ccccc4F)c3)c3ccccc3-c3ccccc32)c1)c1ccccc1F. The van der Waals surface area contributed by atoms with Crippen LogP contribution in [-0.2, 0) is 5.41 Å². The summed E-state index contributed by atoms with van der Waals surface area (Å²) in [5.41, 5.74) is 0.117. The molecule has 0 spiro atoms. The summed E-state index contributed by atoms with van der Waals surface area (Å²) >= 11 is 0. The highest BCUT2D eigenvalue weighted by Crippen LogP contribution is 2.56. The molecule has 9 rings (SSSR count). The molecule has 1 aliphatic carbocycles. The molecule has 0 N–H and O–H groups in total. The third-order valence-corrected chi connectivity index (χ3v) is 11.2. The topological polar surface area (TPSA) is 68.3 Å². The van der Waals surface area contributed by atoms with Gasteiger partial charge in [-0.2, -0.15) is 0 Å². The molecule has 0 aromatic heterocycles. The van der Waals surface area contributed by atoms with Crippen molar-refractivity contribution in [2.24, 2.45) is 0 Å². The standard InChI is InChI=1S/C53H30F4O4/c54-45-21-9-3-15-39(45)49(58)31-25-32(50(59)40-16-4-10-22-46(40)55)28-35(27-31)53(43-19-7-1-13-37(43)38-14-2-8-20-44(38)53)36-29-33(51(60)41-17-5-11-23-47(41)56)26-34(30-36)52(61)42-18-6-12-24-48(42)57/h1-30H. The van der Waals surface area contributed by atoms with Crippen LogP contribution in [0.5, 0.6) is 0 Å². The van der Waals surface area contributed by atoms with E-state index >= 15 is 17.6 Å². The third kappa shape index (κ3) is 6.49. The molecule has 0 atom stereocenters. The molecule has 0 saturated carbocycles.